The minimum absolute atomic E-state index is 0.0840. The van der Waals surface area contributed by atoms with Gasteiger partial charge in [-0.3, -0.25) is 9.52 Å². The second kappa shape index (κ2) is 9.41. The first kappa shape index (κ1) is 24.0. The Morgan fingerprint density at radius 3 is 2.47 bits per heavy atom. The van der Waals surface area contributed by atoms with Crippen molar-refractivity contribution in [3.05, 3.63) is 59.6 Å². The van der Waals surface area contributed by atoms with E-state index in [0.29, 0.717) is 35.3 Å². The summed E-state index contributed by atoms with van der Waals surface area (Å²) in [5, 5.41) is 2.35. The van der Waals surface area contributed by atoms with Crippen molar-refractivity contribution in [2.75, 3.05) is 23.7 Å². The number of nitrogens with zero attached hydrogens (tertiary/aromatic N) is 3. The largest absolute Gasteiger partial charge is 0.467 e. The summed E-state index contributed by atoms with van der Waals surface area (Å²) in [5.41, 5.74) is 0.449. The summed E-state index contributed by atoms with van der Waals surface area (Å²) >= 11 is 0. The smallest absolute Gasteiger partial charge is 0.316 e. The number of fused-ring (bicyclic) bond motifs is 1. The van der Waals surface area contributed by atoms with Crippen LogP contribution in [0.5, 0.6) is 6.01 Å². The predicted molar refractivity (Wildman–Crippen MR) is 129 cm³/mol. The summed E-state index contributed by atoms with van der Waals surface area (Å²) in [5.74, 6) is -3.63. The minimum Gasteiger partial charge on any atom is -0.467 e. The predicted octanol–water partition coefficient (Wildman–Crippen LogP) is 3.90. The van der Waals surface area contributed by atoms with Crippen LogP contribution in [0.2, 0.25) is 0 Å². The average molecular weight is 516 g/mol. The molecule has 5 rings (SSSR count). The number of Topliss-reactive ketones (excluding diaryl/α,β-unsaturated/α-hetero) is 1. The fraction of sp³-hybridized carbons (Fsp3) is 0.333. The topological polar surface area (TPSA) is 123 Å². The number of aromatic nitrogens is 3. The van der Waals surface area contributed by atoms with Gasteiger partial charge in [-0.15, -0.1) is 0 Å². The molecule has 2 aromatic heterocycles. The molecule has 0 saturated heterocycles. The van der Waals surface area contributed by atoms with Crippen molar-refractivity contribution >= 4 is 27.3 Å². The molecule has 1 aliphatic carbocycles. The Balaban J connectivity index is 1.46. The molecule has 1 unspecified atom stereocenters. The highest BCUT2D eigenvalue weighted by Gasteiger charge is 2.35. The van der Waals surface area contributed by atoms with E-state index >= 15 is 4.39 Å². The van der Waals surface area contributed by atoms with Gasteiger partial charge in [0.05, 0.1) is 29.5 Å². The van der Waals surface area contributed by atoms with Crippen LogP contribution in [0.4, 0.5) is 20.3 Å². The molecule has 0 radical (unpaired) electrons. The highest BCUT2D eigenvalue weighted by Crippen LogP contribution is 2.37. The first-order valence-electron chi connectivity index (χ1n) is 11.4. The van der Waals surface area contributed by atoms with Crippen LogP contribution in [0.25, 0.3) is 11.1 Å². The number of hydrogen-bond acceptors (Lipinski definition) is 8. The van der Waals surface area contributed by atoms with Crippen LogP contribution in [0, 0.1) is 11.6 Å². The van der Waals surface area contributed by atoms with Crippen LogP contribution in [0.15, 0.2) is 36.8 Å². The van der Waals surface area contributed by atoms with Crippen LogP contribution in [-0.2, 0) is 10.0 Å². The molecule has 9 nitrogen and oxygen atoms in total. The lowest BCUT2D eigenvalue weighted by Gasteiger charge is -2.17. The molecule has 1 atom stereocenters. The molecule has 1 saturated carbocycles. The molecule has 188 valence electrons. The zero-order valence-corrected chi connectivity index (χ0v) is 20.1. The zero-order valence-electron chi connectivity index (χ0n) is 19.3. The summed E-state index contributed by atoms with van der Waals surface area (Å²) in [7, 11) is -2.42. The average Bonchev–Trinajstić information content (AvgIpc) is 3.56. The Morgan fingerprint density at radius 1 is 1.08 bits per heavy atom. The first-order valence-corrected chi connectivity index (χ1v) is 13.0. The van der Waals surface area contributed by atoms with Crippen molar-refractivity contribution in [1.82, 2.24) is 15.0 Å². The Morgan fingerprint density at radius 2 is 1.78 bits per heavy atom. The molecule has 0 spiro atoms. The zero-order chi connectivity index (χ0) is 25.4. The fourth-order valence-electron chi connectivity index (χ4n) is 4.63. The van der Waals surface area contributed by atoms with Crippen LogP contribution in [0.1, 0.15) is 47.5 Å². The van der Waals surface area contributed by atoms with Gasteiger partial charge in [-0.1, -0.05) is 12.8 Å². The highest BCUT2D eigenvalue weighted by atomic mass is 32.2. The molecule has 3 heterocycles. The number of rotatable bonds is 7. The third kappa shape index (κ3) is 4.36. The number of ether oxygens (including phenoxy) is 1. The summed E-state index contributed by atoms with van der Waals surface area (Å²) in [6.07, 6.45) is 7.14. The van der Waals surface area contributed by atoms with Gasteiger partial charge in [-0.25, -0.2) is 32.2 Å². The molecule has 2 N–H and O–H groups in total. The standard InChI is InChI=1S/C24H23F2N5O4S/c1-35-24-29-10-14(11-30-24)13-8-16-17(12-28-23(16)27-9-13)22(32)20-18(25)6-7-19(21(20)26)31-36(33,34)15-4-2-3-5-15/h6-11,15,17,31H,2-5,12H2,1H3,(H,27,28). The lowest BCUT2D eigenvalue weighted by atomic mass is 9.91. The van der Waals surface area contributed by atoms with Crippen molar-refractivity contribution in [1.29, 1.82) is 0 Å². The molecule has 0 amide bonds. The molecule has 1 aromatic carbocycles. The van der Waals surface area contributed by atoms with E-state index < -0.39 is 49.9 Å². The number of ketones is 1. The summed E-state index contributed by atoms with van der Waals surface area (Å²) in [6, 6.07) is 3.78. The van der Waals surface area contributed by atoms with E-state index in [1.807, 2.05) is 0 Å². The van der Waals surface area contributed by atoms with Gasteiger partial charge < -0.3 is 10.1 Å². The van der Waals surface area contributed by atoms with E-state index in [1.54, 1.807) is 12.3 Å². The molecular formula is C24H23F2N5O4S. The number of pyridine rings is 1. The number of benzene rings is 1. The Kier molecular flexibility index (Phi) is 6.29. The highest BCUT2D eigenvalue weighted by molar-refractivity contribution is 7.93. The summed E-state index contributed by atoms with van der Waals surface area (Å²) in [6.45, 7) is 0.0840. The summed E-state index contributed by atoms with van der Waals surface area (Å²) in [4.78, 5) is 25.8. The number of sulfonamides is 1. The Bertz CT molecular complexity index is 1430. The van der Waals surface area contributed by atoms with Crippen LogP contribution < -0.4 is 14.8 Å². The number of halogens is 2. The van der Waals surface area contributed by atoms with E-state index in [2.05, 4.69) is 25.0 Å². The Labute approximate surface area is 206 Å². The van der Waals surface area contributed by atoms with Gasteiger partial charge >= 0.3 is 6.01 Å². The van der Waals surface area contributed by atoms with Crippen molar-refractivity contribution < 1.29 is 26.7 Å². The maximum atomic E-state index is 15.4. The summed E-state index contributed by atoms with van der Waals surface area (Å²) < 4.78 is 62.7. The van der Waals surface area contributed by atoms with Gasteiger partial charge in [0.15, 0.2) is 11.6 Å². The lowest BCUT2D eigenvalue weighted by molar-refractivity contribution is 0.0958. The van der Waals surface area contributed by atoms with Gasteiger partial charge in [0.1, 0.15) is 11.6 Å². The van der Waals surface area contributed by atoms with E-state index in [0.717, 1.165) is 25.0 Å². The van der Waals surface area contributed by atoms with Crippen molar-refractivity contribution in [3.8, 4) is 17.1 Å². The van der Waals surface area contributed by atoms with Gasteiger partial charge in [0.25, 0.3) is 0 Å². The third-order valence-corrected chi connectivity index (χ3v) is 8.41. The van der Waals surface area contributed by atoms with Crippen molar-refractivity contribution in [2.45, 2.75) is 36.9 Å². The molecule has 3 aromatic rings. The number of nitrogens with one attached hydrogen (secondary N) is 2. The number of anilines is 2. The molecule has 1 aliphatic heterocycles. The number of methoxy groups -OCH3 is 1. The molecule has 36 heavy (non-hydrogen) atoms. The maximum absolute atomic E-state index is 15.4. The maximum Gasteiger partial charge on any atom is 0.316 e. The van der Waals surface area contributed by atoms with Crippen LogP contribution in [-0.4, -0.2) is 48.1 Å². The van der Waals surface area contributed by atoms with Gasteiger partial charge in [-0.05, 0) is 31.0 Å². The van der Waals surface area contributed by atoms with E-state index in [1.165, 1.54) is 19.5 Å². The van der Waals surface area contributed by atoms with E-state index in [-0.39, 0.29) is 12.6 Å². The molecule has 12 heteroatoms. The SMILES string of the molecule is COc1ncc(-c2cnc3c(c2)C(C(=O)c2c(F)ccc(NS(=O)(=O)C4CCCC4)c2F)CN3)cn1. The molecule has 0 bridgehead atoms. The van der Waals surface area contributed by atoms with E-state index in [9.17, 15) is 17.6 Å². The number of carbonyl (C=O) groups is 1. The van der Waals surface area contributed by atoms with Crippen molar-refractivity contribution in [2.24, 2.45) is 0 Å². The fourth-order valence-corrected chi connectivity index (χ4v) is 6.22. The molecular weight excluding hydrogens is 492 g/mol. The second-order valence-corrected chi connectivity index (χ2v) is 10.7. The Hall–Kier alpha value is -3.67. The third-order valence-electron chi connectivity index (χ3n) is 6.56. The number of hydrogen-bond donors (Lipinski definition) is 2. The van der Waals surface area contributed by atoms with Gasteiger partial charge in [0.2, 0.25) is 10.0 Å². The molecule has 1 fully saturated rings. The van der Waals surface area contributed by atoms with Crippen molar-refractivity contribution in [3.63, 3.8) is 0 Å². The normalized spacial score (nSPS) is 17.5. The molecule has 2 aliphatic rings. The number of carbonyl (C=O) groups excluding carboxylic acids is 1. The minimum atomic E-state index is -3.87. The lowest BCUT2D eigenvalue weighted by Crippen LogP contribution is -2.26. The quantitative estimate of drug-likeness (QED) is 0.454. The van der Waals surface area contributed by atoms with Gasteiger partial charge in [-0.2, -0.15) is 0 Å². The van der Waals surface area contributed by atoms with Gasteiger partial charge in [0, 0.05) is 41.8 Å². The second-order valence-electron chi connectivity index (χ2n) is 8.76. The monoisotopic (exact) mass is 515 g/mol. The van der Waals surface area contributed by atoms with Crippen LogP contribution >= 0.6 is 0 Å². The first-order chi connectivity index (χ1) is 17.3. The van der Waals surface area contributed by atoms with E-state index in [4.69, 9.17) is 4.74 Å². The van der Waals surface area contributed by atoms with Crippen LogP contribution in [0.3, 0.4) is 0 Å².